The van der Waals surface area contributed by atoms with Crippen LogP contribution in [0.3, 0.4) is 0 Å². The highest BCUT2D eigenvalue weighted by atomic mass is 32.2. The van der Waals surface area contributed by atoms with Gasteiger partial charge in [0.15, 0.2) is 17.3 Å². The van der Waals surface area contributed by atoms with Crippen molar-refractivity contribution in [3.05, 3.63) is 131 Å². The van der Waals surface area contributed by atoms with Crippen LogP contribution in [0.5, 0.6) is 11.5 Å². The topological polar surface area (TPSA) is 146 Å². The summed E-state index contributed by atoms with van der Waals surface area (Å²) in [6.45, 7) is 2.38. The lowest BCUT2D eigenvalue weighted by Gasteiger charge is -2.33. The molecule has 0 spiro atoms. The van der Waals surface area contributed by atoms with Gasteiger partial charge in [-0.2, -0.15) is 43.2 Å². The van der Waals surface area contributed by atoms with Crippen molar-refractivity contribution in [1.29, 1.82) is 0 Å². The fourth-order valence-electron chi connectivity index (χ4n) is 6.56. The average molecular weight is 869 g/mol. The molecule has 2 aliphatic rings. The third-order valence-electron chi connectivity index (χ3n) is 9.11. The Balaban J connectivity index is 1.54. The minimum absolute atomic E-state index is 0.277. The van der Waals surface area contributed by atoms with E-state index < -0.39 is 97.0 Å². The summed E-state index contributed by atoms with van der Waals surface area (Å²) in [4.78, 5) is 32.1. The zero-order valence-electron chi connectivity index (χ0n) is 30.9. The molecule has 1 aliphatic carbocycles. The van der Waals surface area contributed by atoms with E-state index in [1.165, 1.54) is 24.3 Å². The van der Waals surface area contributed by atoms with Gasteiger partial charge in [-0.15, -0.1) is 0 Å². The summed E-state index contributed by atoms with van der Waals surface area (Å²) in [7, 11) is -12.5. The first-order valence-electron chi connectivity index (χ1n) is 17.6. The summed E-state index contributed by atoms with van der Waals surface area (Å²) < 4.78 is 151. The Morgan fingerprint density at radius 2 is 0.915 bits per heavy atom. The molecule has 4 aromatic rings. The van der Waals surface area contributed by atoms with Gasteiger partial charge in [0.05, 0.1) is 36.7 Å². The lowest BCUT2D eigenvalue weighted by molar-refractivity contribution is -0.145. The summed E-state index contributed by atoms with van der Waals surface area (Å²) in [5.74, 6) is -4.99. The normalized spacial score (nSPS) is 18.2. The molecule has 0 bridgehead atoms. The van der Waals surface area contributed by atoms with E-state index in [0.29, 0.717) is 11.1 Å². The molecule has 0 aromatic heterocycles. The fourth-order valence-corrected chi connectivity index (χ4v) is 7.50. The van der Waals surface area contributed by atoms with Crippen LogP contribution in [0.4, 0.5) is 37.7 Å². The predicted molar refractivity (Wildman–Crippen MR) is 199 cm³/mol. The van der Waals surface area contributed by atoms with Gasteiger partial charge in [0, 0.05) is 24.0 Å². The number of fused-ring (bicyclic) bond motifs is 1. The number of para-hydroxylation sites is 4. The first-order valence-corrected chi connectivity index (χ1v) is 20.4. The summed E-state index contributed by atoms with van der Waals surface area (Å²) in [5.41, 5.74) is -12.3. The Bertz CT molecular complexity index is 2290. The third kappa shape index (κ3) is 9.56. The second-order valence-corrected chi connectivity index (χ2v) is 16.8. The first kappa shape index (κ1) is 43.1. The molecule has 12 nitrogen and oxygen atoms in total. The number of anilines is 2. The van der Waals surface area contributed by atoms with Crippen molar-refractivity contribution >= 4 is 43.4 Å². The van der Waals surface area contributed by atoms with Crippen molar-refractivity contribution in [3.8, 4) is 11.5 Å². The summed E-state index contributed by atoms with van der Waals surface area (Å²) in [6.07, 6.45) is -2.43. The van der Waals surface area contributed by atoms with Gasteiger partial charge in [-0.05, 0) is 49.2 Å². The van der Waals surface area contributed by atoms with E-state index in [2.05, 4.69) is 8.37 Å². The van der Waals surface area contributed by atoms with Crippen LogP contribution < -0.4 is 18.2 Å². The van der Waals surface area contributed by atoms with Gasteiger partial charge < -0.3 is 27.6 Å². The maximum atomic E-state index is 15.1. The van der Waals surface area contributed by atoms with E-state index in [1.807, 2.05) is 0 Å². The number of ether oxygens (including phenoxy) is 2. The lowest BCUT2D eigenvalue weighted by Crippen LogP contribution is -2.42. The second-order valence-electron chi connectivity index (χ2n) is 13.7. The molecule has 1 saturated heterocycles. The predicted octanol–water partition coefficient (Wildman–Crippen LogP) is 7.52. The minimum Gasteiger partial charge on any atom is -0.374 e. The van der Waals surface area contributed by atoms with Gasteiger partial charge >= 0.3 is 31.3 Å². The zero-order valence-corrected chi connectivity index (χ0v) is 32.6. The van der Waals surface area contributed by atoms with Crippen molar-refractivity contribution in [2.24, 2.45) is 0 Å². The van der Waals surface area contributed by atoms with E-state index >= 15 is 9.59 Å². The fraction of sp³-hybridized carbons (Fsp3) is 0.282. The van der Waals surface area contributed by atoms with E-state index in [-0.39, 0.29) is 24.0 Å². The van der Waals surface area contributed by atoms with Crippen LogP contribution in [0, 0.1) is 0 Å². The van der Waals surface area contributed by atoms with Crippen molar-refractivity contribution in [1.82, 2.24) is 0 Å². The number of nitrogens with zero attached hydrogens (tertiary/aromatic N) is 2. The number of benzene rings is 4. The van der Waals surface area contributed by atoms with Gasteiger partial charge in [-0.3, -0.25) is 9.59 Å². The summed E-state index contributed by atoms with van der Waals surface area (Å²) in [5, 5.41) is 0. The molecule has 0 saturated carbocycles. The molecule has 20 heteroatoms. The Morgan fingerprint density at radius 1 is 0.593 bits per heavy atom. The number of amides is 2. The van der Waals surface area contributed by atoms with Crippen LogP contribution in [-0.2, 0) is 52.4 Å². The Morgan fingerprint density at radius 3 is 1.25 bits per heavy atom. The average Bonchev–Trinajstić information content (AvgIpc) is 3.48. The van der Waals surface area contributed by atoms with Gasteiger partial charge in [-0.25, -0.2) is 0 Å². The number of hydrogen-bond acceptors (Lipinski definition) is 10. The Hall–Kier alpha value is -5.44. The molecule has 4 aromatic carbocycles. The van der Waals surface area contributed by atoms with Gasteiger partial charge in [-0.1, -0.05) is 84.9 Å². The number of carbonyl (C=O) groups excluding carboxylic acids is 2. The standard InChI is InChI=1S/C39H34F6N2O10S2/c1-37(2)54-33-21-27(35(48)46(23-25-13-5-3-6-14-25)29-17-9-11-19-31(29)56-58(50,51)38(40,41)42)28(22-34(33)55-37)36(49)47(24-26-15-7-4-8-16-26)30-18-10-12-20-32(30)57-59(52,53)39(43,44)45/h3-20,33-34H,21-24H2,1-2H3/t33-,34-/m0/s1. The van der Waals surface area contributed by atoms with Crippen LogP contribution >= 0.6 is 0 Å². The largest absolute Gasteiger partial charge is 0.534 e. The highest BCUT2D eigenvalue weighted by Gasteiger charge is 2.51. The first-order chi connectivity index (χ1) is 27.6. The van der Waals surface area contributed by atoms with Gasteiger partial charge in [0.1, 0.15) is 0 Å². The van der Waals surface area contributed by atoms with Crippen LogP contribution in [-0.4, -0.2) is 57.7 Å². The molecule has 6 rings (SSSR count). The highest BCUT2D eigenvalue weighted by Crippen LogP contribution is 2.44. The number of carbonyl (C=O) groups is 2. The summed E-state index contributed by atoms with van der Waals surface area (Å²) >= 11 is 0. The van der Waals surface area contributed by atoms with Crippen LogP contribution in [0.15, 0.2) is 120 Å². The van der Waals surface area contributed by atoms with Crippen LogP contribution in [0.1, 0.15) is 37.8 Å². The van der Waals surface area contributed by atoms with Crippen molar-refractivity contribution < 1.29 is 70.6 Å². The Labute approximate surface area is 334 Å². The van der Waals surface area contributed by atoms with Crippen LogP contribution in [0.25, 0.3) is 0 Å². The smallest absolute Gasteiger partial charge is 0.374 e. The molecule has 1 aliphatic heterocycles. The minimum atomic E-state index is -6.25. The zero-order chi connectivity index (χ0) is 43.0. The summed E-state index contributed by atoms with van der Waals surface area (Å²) in [6, 6.07) is 25.2. The molecule has 0 radical (unpaired) electrons. The van der Waals surface area contributed by atoms with E-state index in [0.717, 1.165) is 34.1 Å². The SMILES string of the molecule is CC1(C)O[C@H]2CC(C(=O)N(Cc3ccccc3)c3ccccc3OS(=O)(=O)C(F)(F)F)=C(C(=O)N(Cc3ccccc3)c3ccccc3OS(=O)(=O)C(F)(F)F)C[C@@H]2O1. The van der Waals surface area contributed by atoms with Crippen molar-refractivity contribution in [3.63, 3.8) is 0 Å². The Kier molecular flexibility index (Phi) is 11.9. The monoisotopic (exact) mass is 868 g/mol. The van der Waals surface area contributed by atoms with E-state index in [1.54, 1.807) is 74.5 Å². The number of halogens is 6. The number of rotatable bonds is 12. The molecule has 314 valence electrons. The molecule has 2 atom stereocenters. The van der Waals surface area contributed by atoms with E-state index in [4.69, 9.17) is 9.47 Å². The highest BCUT2D eigenvalue weighted by molar-refractivity contribution is 7.88. The number of alkyl halides is 6. The molecular formula is C39H34F6N2O10S2. The molecule has 0 N–H and O–H groups in total. The third-order valence-corrected chi connectivity index (χ3v) is 11.0. The lowest BCUT2D eigenvalue weighted by atomic mass is 9.85. The van der Waals surface area contributed by atoms with Gasteiger partial charge in [0.25, 0.3) is 11.8 Å². The molecule has 2 amide bonds. The molecule has 1 fully saturated rings. The molecule has 1 heterocycles. The molecular weight excluding hydrogens is 835 g/mol. The van der Waals surface area contributed by atoms with Crippen molar-refractivity contribution in [2.75, 3.05) is 9.80 Å². The van der Waals surface area contributed by atoms with Gasteiger partial charge in [0.2, 0.25) is 0 Å². The molecule has 59 heavy (non-hydrogen) atoms. The van der Waals surface area contributed by atoms with E-state index in [9.17, 15) is 43.2 Å². The second kappa shape index (κ2) is 16.3. The maximum Gasteiger partial charge on any atom is 0.534 e. The quantitative estimate of drug-likeness (QED) is 0.0797. The van der Waals surface area contributed by atoms with Crippen molar-refractivity contribution in [2.45, 2.75) is 68.8 Å². The maximum absolute atomic E-state index is 15.1. The molecule has 0 unspecified atom stereocenters. The van der Waals surface area contributed by atoms with Crippen LogP contribution in [0.2, 0.25) is 0 Å². The number of hydrogen-bond donors (Lipinski definition) is 0.